The zero-order valence-corrected chi connectivity index (χ0v) is 11.6. The highest BCUT2D eigenvalue weighted by Gasteiger charge is 2.26. The van der Waals surface area contributed by atoms with Gasteiger partial charge in [0.15, 0.2) is 0 Å². The summed E-state index contributed by atoms with van der Waals surface area (Å²) < 4.78 is 0. The lowest BCUT2D eigenvalue weighted by molar-refractivity contribution is -0.132. The molecule has 1 amide bonds. The van der Waals surface area contributed by atoms with E-state index in [1.807, 2.05) is 27.8 Å². The molecule has 100 valence electrons. The molecular formula is C13H26N2O2. The van der Waals surface area contributed by atoms with Crippen LogP contribution in [0, 0.1) is 0 Å². The molecule has 1 atom stereocenters. The number of nitrogens with zero attached hydrogens (tertiary/aromatic N) is 2. The van der Waals surface area contributed by atoms with Gasteiger partial charge in [0.25, 0.3) is 0 Å². The molecule has 1 saturated heterocycles. The van der Waals surface area contributed by atoms with Gasteiger partial charge in [0, 0.05) is 19.6 Å². The van der Waals surface area contributed by atoms with E-state index < -0.39 is 5.60 Å². The Balaban J connectivity index is 2.44. The highest BCUT2D eigenvalue weighted by Crippen LogP contribution is 2.21. The van der Waals surface area contributed by atoms with E-state index in [0.717, 1.165) is 32.4 Å². The maximum atomic E-state index is 11.9. The Morgan fingerprint density at radius 3 is 2.65 bits per heavy atom. The molecule has 1 heterocycles. The van der Waals surface area contributed by atoms with Gasteiger partial charge in [-0.05, 0) is 46.6 Å². The summed E-state index contributed by atoms with van der Waals surface area (Å²) in [5.41, 5.74) is -0.554. The van der Waals surface area contributed by atoms with E-state index in [2.05, 4.69) is 4.90 Å². The summed E-state index contributed by atoms with van der Waals surface area (Å²) in [6.45, 7) is 8.12. The Kier molecular flexibility index (Phi) is 4.95. The lowest BCUT2D eigenvalue weighted by Gasteiger charge is -2.26. The van der Waals surface area contributed by atoms with Gasteiger partial charge >= 0.3 is 0 Å². The standard InChI is InChI=1S/C13H26N2O2/c1-11(2)14(4)12(16)10-15-8-5-6-13(3,17)7-9-15/h11,17H,5-10H2,1-4H3. The molecule has 0 aliphatic carbocycles. The smallest absolute Gasteiger partial charge is 0.236 e. The van der Waals surface area contributed by atoms with Crippen molar-refractivity contribution in [3.8, 4) is 0 Å². The number of hydrogen-bond acceptors (Lipinski definition) is 3. The van der Waals surface area contributed by atoms with Crippen LogP contribution >= 0.6 is 0 Å². The number of hydrogen-bond donors (Lipinski definition) is 1. The van der Waals surface area contributed by atoms with E-state index >= 15 is 0 Å². The van der Waals surface area contributed by atoms with Crippen molar-refractivity contribution in [3.63, 3.8) is 0 Å². The van der Waals surface area contributed by atoms with Crippen molar-refractivity contribution in [2.24, 2.45) is 0 Å². The van der Waals surface area contributed by atoms with Gasteiger partial charge in [0.1, 0.15) is 0 Å². The molecule has 0 radical (unpaired) electrons. The van der Waals surface area contributed by atoms with Crippen LogP contribution in [0.25, 0.3) is 0 Å². The molecule has 0 spiro atoms. The van der Waals surface area contributed by atoms with Crippen LogP contribution in [0.3, 0.4) is 0 Å². The van der Waals surface area contributed by atoms with Crippen molar-refractivity contribution < 1.29 is 9.90 Å². The molecular weight excluding hydrogens is 216 g/mol. The van der Waals surface area contributed by atoms with E-state index in [-0.39, 0.29) is 11.9 Å². The Bertz CT molecular complexity index is 264. The third kappa shape index (κ3) is 4.64. The molecule has 0 aromatic heterocycles. The van der Waals surface area contributed by atoms with Crippen LogP contribution in [-0.2, 0) is 4.79 Å². The molecule has 1 unspecified atom stereocenters. The first-order valence-corrected chi connectivity index (χ1v) is 6.52. The fourth-order valence-electron chi connectivity index (χ4n) is 2.07. The van der Waals surface area contributed by atoms with Crippen LogP contribution in [0.15, 0.2) is 0 Å². The average Bonchev–Trinajstić information content (AvgIpc) is 2.39. The average molecular weight is 242 g/mol. The second-order valence-corrected chi connectivity index (χ2v) is 5.73. The summed E-state index contributed by atoms with van der Waals surface area (Å²) in [5, 5.41) is 9.98. The monoisotopic (exact) mass is 242 g/mol. The normalized spacial score (nSPS) is 26.9. The Labute approximate surface area is 105 Å². The first-order chi connectivity index (χ1) is 7.82. The molecule has 0 bridgehead atoms. The molecule has 1 rings (SSSR count). The zero-order valence-electron chi connectivity index (χ0n) is 11.6. The second kappa shape index (κ2) is 5.83. The molecule has 0 aromatic carbocycles. The van der Waals surface area contributed by atoms with Gasteiger partial charge in [-0.1, -0.05) is 0 Å². The molecule has 1 aliphatic rings. The van der Waals surface area contributed by atoms with Crippen LogP contribution in [0.4, 0.5) is 0 Å². The van der Waals surface area contributed by atoms with Crippen LogP contribution in [-0.4, -0.2) is 59.1 Å². The van der Waals surface area contributed by atoms with Crippen LogP contribution < -0.4 is 0 Å². The molecule has 1 aliphatic heterocycles. The summed E-state index contributed by atoms with van der Waals surface area (Å²) >= 11 is 0. The SMILES string of the molecule is CC(C)N(C)C(=O)CN1CCCC(C)(O)CC1. The maximum Gasteiger partial charge on any atom is 0.236 e. The van der Waals surface area contributed by atoms with Gasteiger partial charge in [-0.15, -0.1) is 0 Å². The quantitative estimate of drug-likeness (QED) is 0.805. The number of rotatable bonds is 3. The number of aliphatic hydroxyl groups is 1. The minimum atomic E-state index is -0.554. The number of carbonyl (C=O) groups excluding carboxylic acids is 1. The first kappa shape index (κ1) is 14.5. The fourth-order valence-corrected chi connectivity index (χ4v) is 2.07. The molecule has 17 heavy (non-hydrogen) atoms. The van der Waals surface area contributed by atoms with E-state index in [0.29, 0.717) is 6.54 Å². The van der Waals surface area contributed by atoms with Gasteiger partial charge < -0.3 is 10.0 Å². The van der Waals surface area contributed by atoms with Gasteiger partial charge in [0.05, 0.1) is 12.1 Å². The summed E-state index contributed by atoms with van der Waals surface area (Å²) in [7, 11) is 1.85. The summed E-state index contributed by atoms with van der Waals surface area (Å²) in [4.78, 5) is 15.9. The van der Waals surface area contributed by atoms with Crippen molar-refractivity contribution in [2.45, 2.75) is 51.7 Å². The fraction of sp³-hybridized carbons (Fsp3) is 0.923. The third-order valence-corrected chi connectivity index (χ3v) is 3.68. The third-order valence-electron chi connectivity index (χ3n) is 3.68. The molecule has 4 nitrogen and oxygen atoms in total. The Hall–Kier alpha value is -0.610. The Morgan fingerprint density at radius 2 is 2.06 bits per heavy atom. The predicted molar refractivity (Wildman–Crippen MR) is 68.8 cm³/mol. The van der Waals surface area contributed by atoms with Gasteiger partial charge in [-0.25, -0.2) is 0 Å². The topological polar surface area (TPSA) is 43.8 Å². The Morgan fingerprint density at radius 1 is 1.41 bits per heavy atom. The molecule has 1 N–H and O–H groups in total. The van der Waals surface area contributed by atoms with E-state index in [4.69, 9.17) is 0 Å². The van der Waals surface area contributed by atoms with Crippen molar-refractivity contribution in [3.05, 3.63) is 0 Å². The lowest BCUT2D eigenvalue weighted by Crippen LogP contribution is -2.42. The van der Waals surface area contributed by atoms with Crippen LogP contribution in [0.2, 0.25) is 0 Å². The highest BCUT2D eigenvalue weighted by molar-refractivity contribution is 5.78. The summed E-state index contributed by atoms with van der Waals surface area (Å²) in [6, 6.07) is 0.248. The largest absolute Gasteiger partial charge is 0.390 e. The highest BCUT2D eigenvalue weighted by atomic mass is 16.3. The molecule has 0 aromatic rings. The predicted octanol–water partition coefficient (Wildman–Crippen LogP) is 1.09. The van der Waals surface area contributed by atoms with Gasteiger partial charge in [0.2, 0.25) is 5.91 Å². The van der Waals surface area contributed by atoms with Crippen molar-refractivity contribution in [1.82, 2.24) is 9.80 Å². The zero-order chi connectivity index (χ0) is 13.1. The van der Waals surface area contributed by atoms with Crippen molar-refractivity contribution in [1.29, 1.82) is 0 Å². The number of amides is 1. The minimum absolute atomic E-state index is 0.168. The number of carbonyl (C=O) groups is 1. The number of likely N-dealkylation sites (N-methyl/N-ethyl adjacent to an activating group) is 1. The summed E-state index contributed by atoms with van der Waals surface area (Å²) in [5.74, 6) is 0.168. The van der Waals surface area contributed by atoms with Crippen molar-refractivity contribution in [2.75, 3.05) is 26.7 Å². The van der Waals surface area contributed by atoms with E-state index in [9.17, 15) is 9.90 Å². The first-order valence-electron chi connectivity index (χ1n) is 6.52. The van der Waals surface area contributed by atoms with Crippen LogP contribution in [0.5, 0.6) is 0 Å². The van der Waals surface area contributed by atoms with Crippen molar-refractivity contribution >= 4 is 5.91 Å². The molecule has 4 heteroatoms. The molecule has 1 fully saturated rings. The number of likely N-dealkylation sites (tertiary alicyclic amines) is 1. The van der Waals surface area contributed by atoms with E-state index in [1.54, 1.807) is 4.90 Å². The van der Waals surface area contributed by atoms with Gasteiger partial charge in [-0.2, -0.15) is 0 Å². The van der Waals surface area contributed by atoms with Crippen LogP contribution in [0.1, 0.15) is 40.0 Å². The van der Waals surface area contributed by atoms with Gasteiger partial charge in [-0.3, -0.25) is 9.69 Å². The maximum absolute atomic E-state index is 11.9. The van der Waals surface area contributed by atoms with E-state index in [1.165, 1.54) is 0 Å². The summed E-state index contributed by atoms with van der Waals surface area (Å²) in [6.07, 6.45) is 2.55. The second-order valence-electron chi connectivity index (χ2n) is 5.73. The minimum Gasteiger partial charge on any atom is -0.390 e. The molecule has 0 saturated carbocycles. The lowest BCUT2D eigenvalue weighted by atomic mass is 9.98.